The van der Waals surface area contributed by atoms with Crippen LogP contribution in [0.4, 0.5) is 4.79 Å². The van der Waals surface area contributed by atoms with Gasteiger partial charge in [0.05, 0.1) is 44.2 Å². The molecule has 0 unspecified atom stereocenters. The van der Waals surface area contributed by atoms with E-state index < -0.39 is 85.8 Å². The summed E-state index contributed by atoms with van der Waals surface area (Å²) in [6, 6.07) is 2.94. The van der Waals surface area contributed by atoms with Gasteiger partial charge in [-0.25, -0.2) is 18.2 Å². The molecule has 2 saturated carbocycles. The number of ether oxygens (including phenoxy) is 4. The molecule has 16 nitrogen and oxygen atoms in total. The lowest BCUT2D eigenvalue weighted by Crippen LogP contribution is -2.60. The summed E-state index contributed by atoms with van der Waals surface area (Å²) in [6.45, 7) is 15.1. The van der Waals surface area contributed by atoms with Crippen molar-refractivity contribution in [3.63, 3.8) is 0 Å². The molecule has 4 aliphatic rings. The number of pyridine rings is 1. The maximum Gasteiger partial charge on any atom is 0.407 e. The molecule has 316 valence electrons. The van der Waals surface area contributed by atoms with Gasteiger partial charge < -0.3 is 39.8 Å². The van der Waals surface area contributed by atoms with Crippen molar-refractivity contribution in [3.8, 4) is 11.6 Å². The smallest absolute Gasteiger partial charge is 0.407 e. The van der Waals surface area contributed by atoms with Gasteiger partial charge in [-0.15, -0.1) is 6.58 Å². The van der Waals surface area contributed by atoms with E-state index in [0.29, 0.717) is 29.9 Å². The molecule has 4 N–H and O–H groups in total. The number of carbonyl (C=O) groups excluding carboxylic acids is 4. The SMILES string of the molecule is C=C[C@@H]1C[C@]1(NC(=O)[C@@H]1C[C@@H]2CN1C(=O)[C@H](C(C)(C)C)NC[C@@H](NC(=O)OC(C)(C)C)COC/C=C/c1cc3c(nccc3cc1OC)O2)C(=O)NS(=O)(=O)C1CC1. The minimum Gasteiger partial charge on any atom is -0.496 e. The number of fused-ring (bicyclic) bond motifs is 3. The lowest BCUT2D eigenvalue weighted by molar-refractivity contribution is -0.143. The molecular weight excluding hydrogens is 769 g/mol. The second kappa shape index (κ2) is 16.5. The third kappa shape index (κ3) is 9.75. The number of hydrogen-bond acceptors (Lipinski definition) is 12. The summed E-state index contributed by atoms with van der Waals surface area (Å²) >= 11 is 0. The molecule has 1 aromatic carbocycles. The van der Waals surface area contributed by atoms with Crippen molar-refractivity contribution in [2.24, 2.45) is 11.3 Å². The van der Waals surface area contributed by atoms with E-state index in [-0.39, 0.29) is 39.1 Å². The van der Waals surface area contributed by atoms with Crippen LogP contribution in [0.15, 0.2) is 43.1 Å². The van der Waals surface area contributed by atoms with E-state index >= 15 is 0 Å². The standard InChI is InChI=1S/C41H56N6O10S/c1-9-26-20-41(26,37(50)46-58(52,53)29-12-13-29)45-34(48)31-19-28-22-47(31)36(49)33(39(2,3)4)43-21-27(44-38(51)57-40(5,6)7)23-55-16-10-11-25-17-30-24(18-32(25)54-8)14-15-42-35(30)56-28/h9-11,14-15,17-18,26-29,31,33,43H,1,12-13,16,19-23H2,2-8H3,(H,44,51)(H,45,48)(H,46,50)/b11-10+/t26-,27-,28-,31+,33-,41-/m1/s1. The summed E-state index contributed by atoms with van der Waals surface area (Å²) in [7, 11) is -2.33. The van der Waals surface area contributed by atoms with Crippen LogP contribution in [-0.2, 0) is 33.9 Å². The maximum atomic E-state index is 14.9. The Kier molecular flexibility index (Phi) is 12.2. The van der Waals surface area contributed by atoms with Crippen molar-refractivity contribution in [2.45, 2.75) is 108 Å². The largest absolute Gasteiger partial charge is 0.496 e. The van der Waals surface area contributed by atoms with Crippen molar-refractivity contribution < 1.29 is 46.5 Å². The molecule has 4 bridgehead atoms. The van der Waals surface area contributed by atoms with Crippen LogP contribution in [0, 0.1) is 11.3 Å². The van der Waals surface area contributed by atoms with Gasteiger partial charge in [-0.2, -0.15) is 0 Å². The van der Waals surface area contributed by atoms with Crippen LogP contribution >= 0.6 is 0 Å². The quantitative estimate of drug-likeness (QED) is 0.284. The van der Waals surface area contributed by atoms with Crippen LogP contribution in [0.3, 0.4) is 0 Å². The minimum absolute atomic E-state index is 0.00496. The number of methoxy groups -OCH3 is 1. The monoisotopic (exact) mass is 824 g/mol. The molecule has 17 heteroatoms. The van der Waals surface area contributed by atoms with Crippen LogP contribution in [0.25, 0.3) is 16.8 Å². The highest BCUT2D eigenvalue weighted by molar-refractivity contribution is 7.91. The number of alkyl carbamates (subject to hydrolysis) is 1. The molecule has 1 aromatic heterocycles. The van der Waals surface area contributed by atoms with E-state index in [2.05, 4.69) is 32.2 Å². The van der Waals surface area contributed by atoms with Gasteiger partial charge in [0, 0.05) is 36.0 Å². The van der Waals surface area contributed by atoms with E-state index in [1.54, 1.807) is 34.1 Å². The molecule has 2 aromatic rings. The zero-order valence-corrected chi connectivity index (χ0v) is 35.1. The topological polar surface area (TPSA) is 204 Å². The van der Waals surface area contributed by atoms with E-state index in [0.717, 1.165) is 10.9 Å². The minimum atomic E-state index is -3.91. The highest BCUT2D eigenvalue weighted by atomic mass is 32.2. The molecule has 58 heavy (non-hydrogen) atoms. The first-order valence-corrected chi connectivity index (χ1v) is 21.2. The van der Waals surface area contributed by atoms with Gasteiger partial charge in [0.25, 0.3) is 5.91 Å². The van der Waals surface area contributed by atoms with Gasteiger partial charge in [0.1, 0.15) is 29.0 Å². The van der Waals surface area contributed by atoms with E-state index in [1.165, 1.54) is 11.0 Å². The number of aromatic nitrogens is 1. The molecule has 0 radical (unpaired) electrons. The van der Waals surface area contributed by atoms with E-state index in [9.17, 15) is 27.6 Å². The van der Waals surface area contributed by atoms with Crippen molar-refractivity contribution in [3.05, 3.63) is 48.7 Å². The average molecular weight is 825 g/mol. The summed E-state index contributed by atoms with van der Waals surface area (Å²) in [4.78, 5) is 61.8. The molecule has 6 rings (SSSR count). The van der Waals surface area contributed by atoms with Crippen LogP contribution in [0.5, 0.6) is 11.6 Å². The first-order valence-electron chi connectivity index (χ1n) is 19.7. The molecule has 2 aliphatic heterocycles. The summed E-state index contributed by atoms with van der Waals surface area (Å²) in [5.41, 5.74) is -2.28. The molecule has 6 atom stereocenters. The normalized spacial score (nSPS) is 27.4. The fourth-order valence-corrected chi connectivity index (χ4v) is 8.78. The predicted octanol–water partition coefficient (Wildman–Crippen LogP) is 3.20. The fourth-order valence-electron chi connectivity index (χ4n) is 7.41. The summed E-state index contributed by atoms with van der Waals surface area (Å²) in [5, 5.41) is 9.86. The number of carbonyl (C=O) groups is 4. The molecule has 3 fully saturated rings. The Bertz CT molecular complexity index is 2070. The van der Waals surface area contributed by atoms with Crippen LogP contribution in [0.2, 0.25) is 0 Å². The number of nitrogens with zero attached hydrogens (tertiary/aromatic N) is 2. The number of benzene rings is 1. The zero-order valence-electron chi connectivity index (χ0n) is 34.3. The fraction of sp³-hybridized carbons (Fsp3) is 0.585. The Morgan fingerprint density at radius 2 is 1.88 bits per heavy atom. The van der Waals surface area contributed by atoms with Gasteiger partial charge in [-0.3, -0.25) is 19.1 Å². The molecular formula is C41H56N6O10S. The van der Waals surface area contributed by atoms with Gasteiger partial charge in [0.15, 0.2) is 0 Å². The first-order chi connectivity index (χ1) is 27.2. The Morgan fingerprint density at radius 1 is 1.14 bits per heavy atom. The number of amides is 4. The van der Waals surface area contributed by atoms with Gasteiger partial charge in [-0.1, -0.05) is 39.0 Å². The van der Waals surface area contributed by atoms with Crippen LogP contribution < -0.4 is 30.1 Å². The maximum absolute atomic E-state index is 14.9. The van der Waals surface area contributed by atoms with Crippen molar-refractivity contribution in [2.75, 3.05) is 33.4 Å². The molecule has 0 spiro atoms. The average Bonchev–Trinajstić information content (AvgIpc) is 4.06. The number of nitrogens with one attached hydrogen (secondary N) is 4. The second-order valence-corrected chi connectivity index (χ2v) is 19.5. The number of sulfonamides is 1. The molecule has 2 aliphatic carbocycles. The molecule has 4 amide bonds. The van der Waals surface area contributed by atoms with Crippen molar-refractivity contribution in [1.29, 1.82) is 0 Å². The number of rotatable bonds is 8. The van der Waals surface area contributed by atoms with E-state index in [4.69, 9.17) is 18.9 Å². The van der Waals surface area contributed by atoms with Crippen molar-refractivity contribution >= 4 is 50.7 Å². The molecule has 3 heterocycles. The summed E-state index contributed by atoms with van der Waals surface area (Å²) in [6.07, 6.45) is 6.55. The predicted molar refractivity (Wildman–Crippen MR) is 216 cm³/mol. The molecule has 1 saturated heterocycles. The van der Waals surface area contributed by atoms with Crippen LogP contribution in [-0.4, -0.2) is 116 Å². The number of hydrogen-bond donors (Lipinski definition) is 4. The van der Waals surface area contributed by atoms with Gasteiger partial charge >= 0.3 is 6.09 Å². The van der Waals surface area contributed by atoms with Crippen molar-refractivity contribution in [1.82, 2.24) is 30.6 Å². The summed E-state index contributed by atoms with van der Waals surface area (Å²) in [5.74, 6) is -1.51. The lowest BCUT2D eigenvalue weighted by atomic mass is 9.85. The van der Waals surface area contributed by atoms with Gasteiger partial charge in [-0.05, 0) is 69.0 Å². The Morgan fingerprint density at radius 3 is 2.52 bits per heavy atom. The first kappa shape index (κ1) is 42.9. The summed E-state index contributed by atoms with van der Waals surface area (Å²) < 4.78 is 51.5. The lowest BCUT2D eigenvalue weighted by Gasteiger charge is -2.36. The van der Waals surface area contributed by atoms with Crippen LogP contribution in [0.1, 0.15) is 72.8 Å². The third-order valence-corrected chi connectivity index (χ3v) is 12.5. The Hall–Kier alpha value is -4.74. The Balaban J connectivity index is 1.36. The third-order valence-electron chi connectivity index (χ3n) is 10.7. The highest BCUT2D eigenvalue weighted by Crippen LogP contribution is 2.45. The zero-order chi connectivity index (χ0) is 42.2. The second-order valence-electron chi connectivity index (χ2n) is 17.6. The van der Waals surface area contributed by atoms with Gasteiger partial charge in [0.2, 0.25) is 27.7 Å². The highest BCUT2D eigenvalue weighted by Gasteiger charge is 2.62. The Labute approximate surface area is 339 Å². The van der Waals surface area contributed by atoms with E-state index in [1.807, 2.05) is 51.1 Å².